The standard InChI is InChI=1S/C28H39NO10/c1-3-29-19(6-9-27(33)34)15-37-26-12-18(11-25(36-2)28(26)35)23-14-20(31)13-21(39-23)7-4-17-5-8-22(32)24(10-17)38-16-30/h5,8,10-12,19-21,23,29-32,35H,3-4,6-7,9,13-16H2,1-2H3,(H,33,34)/t19-,20+,21+,23-/m1/s1. The van der Waals surface area contributed by atoms with Gasteiger partial charge in [0.1, 0.15) is 6.61 Å². The second-order valence-corrected chi connectivity index (χ2v) is 9.55. The Hall–Kier alpha value is -3.25. The van der Waals surface area contributed by atoms with Crippen molar-refractivity contribution in [2.24, 2.45) is 0 Å². The van der Waals surface area contributed by atoms with E-state index < -0.39 is 25.0 Å². The van der Waals surface area contributed by atoms with Crippen molar-refractivity contribution in [1.29, 1.82) is 0 Å². The van der Waals surface area contributed by atoms with E-state index in [1.165, 1.54) is 13.2 Å². The molecule has 0 aromatic heterocycles. The molecular weight excluding hydrogens is 510 g/mol. The van der Waals surface area contributed by atoms with Gasteiger partial charge in [0, 0.05) is 18.9 Å². The number of aliphatic carboxylic acids is 1. The van der Waals surface area contributed by atoms with Gasteiger partial charge >= 0.3 is 5.97 Å². The SMILES string of the molecule is CCN[C@H](CCC(=O)O)COc1cc([C@H]2C[C@@H](O)C[C@H](CCc3ccc(O)c(OCO)c3)O2)cc(OC)c1O. The molecule has 1 fully saturated rings. The van der Waals surface area contributed by atoms with Crippen molar-refractivity contribution in [2.75, 3.05) is 27.1 Å². The first-order chi connectivity index (χ1) is 18.7. The number of phenols is 2. The molecule has 0 aliphatic carbocycles. The molecule has 0 amide bonds. The summed E-state index contributed by atoms with van der Waals surface area (Å²) in [5.41, 5.74) is 1.56. The zero-order valence-electron chi connectivity index (χ0n) is 22.3. The molecule has 39 heavy (non-hydrogen) atoms. The monoisotopic (exact) mass is 549 g/mol. The van der Waals surface area contributed by atoms with Gasteiger partial charge in [-0.25, -0.2) is 0 Å². The number of ether oxygens (including phenoxy) is 4. The molecule has 1 aliphatic heterocycles. The highest BCUT2D eigenvalue weighted by molar-refractivity contribution is 5.66. The van der Waals surface area contributed by atoms with Crippen molar-refractivity contribution >= 4 is 5.97 Å². The van der Waals surface area contributed by atoms with Crippen molar-refractivity contribution < 1.29 is 49.3 Å². The van der Waals surface area contributed by atoms with E-state index in [1.54, 1.807) is 24.3 Å². The minimum atomic E-state index is -0.892. The lowest BCUT2D eigenvalue weighted by Gasteiger charge is -2.34. The van der Waals surface area contributed by atoms with E-state index in [2.05, 4.69) is 5.32 Å². The van der Waals surface area contributed by atoms with Crippen LogP contribution in [0, 0.1) is 0 Å². The summed E-state index contributed by atoms with van der Waals surface area (Å²) in [6.07, 6.45) is 1.05. The van der Waals surface area contributed by atoms with Gasteiger partial charge in [-0.15, -0.1) is 0 Å². The molecule has 1 saturated heterocycles. The highest BCUT2D eigenvalue weighted by Crippen LogP contribution is 2.42. The molecule has 1 heterocycles. The molecule has 0 saturated carbocycles. The molecule has 0 spiro atoms. The third-order valence-electron chi connectivity index (χ3n) is 6.67. The van der Waals surface area contributed by atoms with Crippen LogP contribution in [0.1, 0.15) is 56.3 Å². The Balaban J connectivity index is 1.71. The molecule has 0 bridgehead atoms. The van der Waals surface area contributed by atoms with Gasteiger partial charge < -0.3 is 49.8 Å². The first kappa shape index (κ1) is 30.3. The number of aryl methyl sites for hydroxylation is 1. The molecule has 216 valence electrons. The smallest absolute Gasteiger partial charge is 0.303 e. The van der Waals surface area contributed by atoms with Crippen LogP contribution in [0.25, 0.3) is 0 Å². The minimum Gasteiger partial charge on any atom is -0.504 e. The Morgan fingerprint density at radius 2 is 1.90 bits per heavy atom. The summed E-state index contributed by atoms with van der Waals surface area (Å²) in [6.45, 7) is 2.15. The normalized spacial score (nSPS) is 19.8. The van der Waals surface area contributed by atoms with E-state index in [9.17, 15) is 20.1 Å². The molecule has 0 unspecified atom stereocenters. The number of benzene rings is 2. The van der Waals surface area contributed by atoms with Crippen LogP contribution in [0.5, 0.6) is 28.7 Å². The van der Waals surface area contributed by atoms with E-state index >= 15 is 0 Å². The van der Waals surface area contributed by atoms with E-state index in [4.69, 9.17) is 29.2 Å². The lowest BCUT2D eigenvalue weighted by Crippen LogP contribution is -2.35. The fourth-order valence-corrected chi connectivity index (χ4v) is 4.69. The van der Waals surface area contributed by atoms with E-state index in [1.807, 2.05) is 6.92 Å². The summed E-state index contributed by atoms with van der Waals surface area (Å²) in [6, 6.07) is 8.03. The predicted molar refractivity (Wildman–Crippen MR) is 141 cm³/mol. The summed E-state index contributed by atoms with van der Waals surface area (Å²) < 4.78 is 22.6. The Kier molecular flexibility index (Phi) is 11.5. The van der Waals surface area contributed by atoms with E-state index in [0.29, 0.717) is 44.2 Å². The zero-order valence-corrected chi connectivity index (χ0v) is 22.3. The number of carboxylic acid groups (broad SMARTS) is 1. The van der Waals surface area contributed by atoms with Gasteiger partial charge in [-0.2, -0.15) is 0 Å². The van der Waals surface area contributed by atoms with Crippen LogP contribution in [0.4, 0.5) is 0 Å². The van der Waals surface area contributed by atoms with Crippen molar-refractivity contribution in [2.45, 2.75) is 69.8 Å². The molecule has 11 heteroatoms. The van der Waals surface area contributed by atoms with Gasteiger partial charge in [0.15, 0.2) is 29.8 Å². The lowest BCUT2D eigenvalue weighted by atomic mass is 9.93. The van der Waals surface area contributed by atoms with Gasteiger partial charge in [0.25, 0.3) is 0 Å². The Labute approximate surface area is 227 Å². The number of carboxylic acids is 1. The summed E-state index contributed by atoms with van der Waals surface area (Å²) >= 11 is 0. The number of aromatic hydroxyl groups is 2. The maximum absolute atomic E-state index is 11.0. The van der Waals surface area contributed by atoms with Crippen LogP contribution in [0.3, 0.4) is 0 Å². The number of hydrogen-bond donors (Lipinski definition) is 6. The van der Waals surface area contributed by atoms with Crippen LogP contribution < -0.4 is 19.5 Å². The number of rotatable bonds is 15. The third-order valence-corrected chi connectivity index (χ3v) is 6.67. The quantitative estimate of drug-likeness (QED) is 0.181. The number of methoxy groups -OCH3 is 1. The van der Waals surface area contributed by atoms with Crippen molar-refractivity contribution in [3.05, 3.63) is 41.5 Å². The Bertz CT molecular complexity index is 1080. The molecular formula is C28H39NO10. The van der Waals surface area contributed by atoms with Gasteiger partial charge in [-0.05, 0) is 67.6 Å². The maximum Gasteiger partial charge on any atom is 0.303 e. The maximum atomic E-state index is 11.0. The number of aliphatic hydroxyl groups excluding tert-OH is 2. The molecule has 11 nitrogen and oxygen atoms in total. The molecule has 6 N–H and O–H groups in total. The number of nitrogens with one attached hydrogen (secondary N) is 1. The van der Waals surface area contributed by atoms with Crippen molar-refractivity contribution in [3.8, 4) is 28.7 Å². The number of hydrogen-bond acceptors (Lipinski definition) is 10. The fraction of sp³-hybridized carbons (Fsp3) is 0.536. The van der Waals surface area contributed by atoms with E-state index in [0.717, 1.165) is 5.56 Å². The number of carbonyl (C=O) groups is 1. The summed E-state index contributed by atoms with van der Waals surface area (Å²) in [4.78, 5) is 11.0. The lowest BCUT2D eigenvalue weighted by molar-refractivity contribution is -0.137. The molecule has 4 atom stereocenters. The number of phenolic OH excluding ortho intramolecular Hbond substituents is 2. The van der Waals surface area contributed by atoms with Gasteiger partial charge in [0.05, 0.1) is 25.4 Å². The highest BCUT2D eigenvalue weighted by Gasteiger charge is 2.31. The molecule has 3 rings (SSSR count). The molecule has 2 aromatic carbocycles. The average molecular weight is 550 g/mol. The van der Waals surface area contributed by atoms with Crippen LogP contribution in [0.2, 0.25) is 0 Å². The average Bonchev–Trinajstić information content (AvgIpc) is 2.91. The van der Waals surface area contributed by atoms with Crippen LogP contribution in [-0.2, 0) is 16.0 Å². The Morgan fingerprint density at radius 3 is 2.59 bits per heavy atom. The van der Waals surface area contributed by atoms with E-state index in [-0.39, 0.29) is 53.9 Å². The van der Waals surface area contributed by atoms with Crippen molar-refractivity contribution in [3.63, 3.8) is 0 Å². The largest absolute Gasteiger partial charge is 0.504 e. The highest BCUT2D eigenvalue weighted by atomic mass is 16.6. The topological polar surface area (TPSA) is 167 Å². The second kappa shape index (κ2) is 14.8. The van der Waals surface area contributed by atoms with Crippen LogP contribution in [-0.4, -0.2) is 76.8 Å². The Morgan fingerprint density at radius 1 is 1.13 bits per heavy atom. The van der Waals surface area contributed by atoms with Gasteiger partial charge in [-0.1, -0.05) is 13.0 Å². The number of likely N-dealkylation sites (N-methyl/N-ethyl adjacent to an activating group) is 1. The number of aliphatic hydroxyl groups is 2. The third kappa shape index (κ3) is 8.89. The molecule has 2 aromatic rings. The van der Waals surface area contributed by atoms with Crippen LogP contribution in [0.15, 0.2) is 30.3 Å². The van der Waals surface area contributed by atoms with Gasteiger partial charge in [0.2, 0.25) is 5.75 Å². The van der Waals surface area contributed by atoms with Crippen LogP contribution >= 0.6 is 0 Å². The predicted octanol–water partition coefficient (Wildman–Crippen LogP) is 2.87. The second-order valence-electron chi connectivity index (χ2n) is 9.55. The first-order valence-electron chi connectivity index (χ1n) is 13.1. The first-order valence-corrected chi connectivity index (χ1v) is 13.1. The van der Waals surface area contributed by atoms with Crippen molar-refractivity contribution in [1.82, 2.24) is 5.32 Å². The summed E-state index contributed by atoms with van der Waals surface area (Å²) in [5, 5.41) is 52.3. The minimum absolute atomic E-state index is 0.00846. The zero-order chi connectivity index (χ0) is 28.4. The molecule has 1 aliphatic rings. The fourth-order valence-electron chi connectivity index (χ4n) is 4.69. The summed E-state index contributed by atoms with van der Waals surface area (Å²) in [5.74, 6) is -0.542. The molecule has 0 radical (unpaired) electrons. The van der Waals surface area contributed by atoms with Gasteiger partial charge in [-0.3, -0.25) is 4.79 Å². The summed E-state index contributed by atoms with van der Waals surface area (Å²) in [7, 11) is 1.43.